The number of nitrogens with zero attached hydrogens (tertiary/aromatic N) is 2. The Labute approximate surface area is 94.8 Å². The predicted octanol–water partition coefficient (Wildman–Crippen LogP) is 1.72. The van der Waals surface area contributed by atoms with E-state index in [1.54, 1.807) is 6.20 Å². The van der Waals surface area contributed by atoms with Crippen molar-refractivity contribution >= 4 is 5.57 Å². The Morgan fingerprint density at radius 2 is 2.38 bits per heavy atom. The van der Waals surface area contributed by atoms with Crippen LogP contribution in [0, 0.1) is 17.2 Å². The van der Waals surface area contributed by atoms with Crippen molar-refractivity contribution in [3.05, 3.63) is 35.7 Å². The van der Waals surface area contributed by atoms with Gasteiger partial charge in [-0.2, -0.15) is 5.26 Å². The van der Waals surface area contributed by atoms with E-state index >= 15 is 0 Å². The molecule has 2 heterocycles. The summed E-state index contributed by atoms with van der Waals surface area (Å²) in [5.41, 5.74) is 3.06. The first kappa shape index (κ1) is 9.56. The minimum Gasteiger partial charge on any atom is -0.309 e. The van der Waals surface area contributed by atoms with Gasteiger partial charge in [-0.1, -0.05) is 6.08 Å². The quantitative estimate of drug-likeness (QED) is 0.769. The highest BCUT2D eigenvalue weighted by Gasteiger charge is 2.35. The third kappa shape index (κ3) is 1.43. The van der Waals surface area contributed by atoms with Crippen molar-refractivity contribution < 1.29 is 0 Å². The highest BCUT2D eigenvalue weighted by atomic mass is 15.0. The van der Waals surface area contributed by atoms with E-state index in [2.05, 4.69) is 22.4 Å². The van der Waals surface area contributed by atoms with Gasteiger partial charge in [0.1, 0.15) is 6.07 Å². The fourth-order valence-corrected chi connectivity index (χ4v) is 2.57. The van der Waals surface area contributed by atoms with Gasteiger partial charge >= 0.3 is 0 Å². The normalized spacial score (nSPS) is 27.3. The van der Waals surface area contributed by atoms with Gasteiger partial charge in [0.25, 0.3) is 0 Å². The molecule has 0 saturated carbocycles. The topological polar surface area (TPSA) is 48.7 Å². The van der Waals surface area contributed by atoms with Gasteiger partial charge in [-0.05, 0) is 36.0 Å². The van der Waals surface area contributed by atoms with Crippen LogP contribution in [0.2, 0.25) is 0 Å². The summed E-state index contributed by atoms with van der Waals surface area (Å²) >= 11 is 0. The van der Waals surface area contributed by atoms with Crippen LogP contribution >= 0.6 is 0 Å². The number of pyridine rings is 1. The zero-order valence-corrected chi connectivity index (χ0v) is 8.98. The molecule has 2 aliphatic rings. The van der Waals surface area contributed by atoms with Crippen LogP contribution < -0.4 is 5.32 Å². The van der Waals surface area contributed by atoms with Gasteiger partial charge in [-0.25, -0.2) is 0 Å². The van der Waals surface area contributed by atoms with E-state index in [1.165, 1.54) is 12.0 Å². The summed E-state index contributed by atoms with van der Waals surface area (Å²) in [5.74, 6) is 0.783. The molecule has 0 aromatic carbocycles. The molecule has 80 valence electrons. The fourth-order valence-electron chi connectivity index (χ4n) is 2.57. The first-order chi connectivity index (χ1) is 7.88. The molecule has 3 rings (SSSR count). The van der Waals surface area contributed by atoms with Crippen molar-refractivity contribution in [2.24, 2.45) is 5.92 Å². The molecule has 1 aromatic heterocycles. The first-order valence-corrected chi connectivity index (χ1v) is 5.67. The molecule has 0 radical (unpaired) electrons. The third-order valence-corrected chi connectivity index (χ3v) is 3.51. The molecule has 1 aliphatic heterocycles. The highest BCUT2D eigenvalue weighted by Crippen LogP contribution is 2.35. The summed E-state index contributed by atoms with van der Waals surface area (Å²) in [5, 5.41) is 12.3. The van der Waals surface area contributed by atoms with Gasteiger partial charge in [-0.15, -0.1) is 0 Å². The molecule has 1 saturated heterocycles. The van der Waals surface area contributed by atoms with Crippen LogP contribution in [0.1, 0.15) is 24.0 Å². The number of nitriles is 1. The van der Waals surface area contributed by atoms with E-state index in [9.17, 15) is 0 Å². The van der Waals surface area contributed by atoms with Crippen LogP contribution in [-0.4, -0.2) is 17.6 Å². The Kier molecular flexibility index (Phi) is 2.23. The van der Waals surface area contributed by atoms with Gasteiger partial charge in [0.15, 0.2) is 0 Å². The Balaban J connectivity index is 1.97. The second kappa shape index (κ2) is 3.73. The van der Waals surface area contributed by atoms with Gasteiger partial charge in [0, 0.05) is 25.0 Å². The Morgan fingerprint density at radius 1 is 1.44 bits per heavy atom. The maximum absolute atomic E-state index is 8.87. The molecular weight excluding hydrogens is 198 g/mol. The van der Waals surface area contributed by atoms with Crippen LogP contribution in [0.3, 0.4) is 0 Å². The summed E-state index contributed by atoms with van der Waals surface area (Å²) in [6.45, 7) is 1.13. The Morgan fingerprint density at radius 3 is 3.12 bits per heavy atom. The number of fused-ring (bicyclic) bond motifs is 1. The molecule has 3 heteroatoms. The molecule has 1 fully saturated rings. The minimum absolute atomic E-state index is 0.490. The second-order valence-electron chi connectivity index (χ2n) is 4.46. The maximum atomic E-state index is 8.87. The molecular formula is C13H13N3. The number of hydrogen-bond acceptors (Lipinski definition) is 3. The lowest BCUT2D eigenvalue weighted by Gasteiger charge is -2.42. The van der Waals surface area contributed by atoms with Crippen molar-refractivity contribution in [3.8, 4) is 6.07 Å². The van der Waals surface area contributed by atoms with Crippen molar-refractivity contribution in [1.82, 2.24) is 10.3 Å². The zero-order chi connectivity index (χ0) is 11.0. The van der Waals surface area contributed by atoms with Crippen LogP contribution in [0.15, 0.2) is 24.5 Å². The van der Waals surface area contributed by atoms with Crippen LogP contribution in [0.4, 0.5) is 0 Å². The average molecular weight is 211 g/mol. The lowest BCUT2D eigenvalue weighted by molar-refractivity contribution is 0.262. The molecule has 3 nitrogen and oxygen atoms in total. The van der Waals surface area contributed by atoms with Gasteiger partial charge in [0.2, 0.25) is 0 Å². The van der Waals surface area contributed by atoms with Gasteiger partial charge < -0.3 is 5.32 Å². The zero-order valence-electron chi connectivity index (χ0n) is 8.98. The molecule has 0 bridgehead atoms. The lowest BCUT2D eigenvalue weighted by Crippen LogP contribution is -2.54. The second-order valence-corrected chi connectivity index (χ2v) is 4.46. The number of nitrogens with one attached hydrogen (secondary N) is 1. The lowest BCUT2D eigenvalue weighted by atomic mass is 9.76. The van der Waals surface area contributed by atoms with Crippen LogP contribution in [0.25, 0.3) is 5.57 Å². The van der Waals surface area contributed by atoms with E-state index in [-0.39, 0.29) is 0 Å². The summed E-state index contributed by atoms with van der Waals surface area (Å²) in [7, 11) is 0. The number of hydrogen-bond donors (Lipinski definition) is 1. The van der Waals surface area contributed by atoms with Gasteiger partial charge in [0.05, 0.1) is 5.56 Å². The SMILES string of the molecule is N#Cc1cncc(C2=CCC[C@H]3CN[C@@H]23)c1. The Hall–Kier alpha value is -1.66. The van der Waals surface area contributed by atoms with Gasteiger partial charge in [-0.3, -0.25) is 4.98 Å². The van der Waals surface area contributed by atoms with E-state index in [0.29, 0.717) is 11.6 Å². The smallest absolute Gasteiger partial charge is 0.101 e. The summed E-state index contributed by atoms with van der Waals surface area (Å²) in [6.07, 6.45) is 8.18. The van der Waals surface area contributed by atoms with Crippen LogP contribution in [-0.2, 0) is 0 Å². The van der Waals surface area contributed by atoms with E-state index in [4.69, 9.17) is 5.26 Å². The minimum atomic E-state index is 0.490. The highest BCUT2D eigenvalue weighted by molar-refractivity contribution is 5.72. The largest absolute Gasteiger partial charge is 0.309 e. The summed E-state index contributed by atoms with van der Waals surface area (Å²) in [4.78, 5) is 4.12. The first-order valence-electron chi connectivity index (χ1n) is 5.67. The number of allylic oxidation sites excluding steroid dienone is 1. The molecule has 1 aliphatic carbocycles. The molecule has 0 amide bonds. The van der Waals surface area contributed by atoms with E-state index < -0.39 is 0 Å². The number of rotatable bonds is 1. The van der Waals surface area contributed by atoms with E-state index in [1.807, 2.05) is 12.3 Å². The van der Waals surface area contributed by atoms with Crippen LogP contribution in [0.5, 0.6) is 0 Å². The fraction of sp³-hybridized carbons (Fsp3) is 0.385. The number of aromatic nitrogens is 1. The monoisotopic (exact) mass is 211 g/mol. The average Bonchev–Trinajstić information content (AvgIpc) is 2.30. The van der Waals surface area contributed by atoms with Crippen molar-refractivity contribution in [1.29, 1.82) is 5.26 Å². The standard InChI is InChI=1S/C13H13N3/c14-5-9-4-11(7-15-6-9)12-3-1-2-10-8-16-13(10)12/h3-4,6-7,10,13,16H,1-2,8H2/t10-,13+/m0/s1. The maximum Gasteiger partial charge on any atom is 0.101 e. The molecule has 16 heavy (non-hydrogen) atoms. The van der Waals surface area contributed by atoms with Crippen molar-refractivity contribution in [2.75, 3.05) is 6.54 Å². The van der Waals surface area contributed by atoms with Crippen molar-refractivity contribution in [3.63, 3.8) is 0 Å². The predicted molar refractivity (Wildman–Crippen MR) is 61.4 cm³/mol. The Bertz CT molecular complexity index is 484. The molecule has 2 atom stereocenters. The molecule has 1 N–H and O–H groups in total. The van der Waals surface area contributed by atoms with E-state index in [0.717, 1.165) is 24.4 Å². The molecule has 0 spiro atoms. The molecule has 1 aromatic rings. The van der Waals surface area contributed by atoms with Crippen molar-refractivity contribution in [2.45, 2.75) is 18.9 Å². The molecule has 0 unspecified atom stereocenters. The third-order valence-electron chi connectivity index (χ3n) is 3.51. The summed E-state index contributed by atoms with van der Waals surface area (Å²) in [6, 6.07) is 4.56. The summed E-state index contributed by atoms with van der Waals surface area (Å²) < 4.78 is 0.